The van der Waals surface area contributed by atoms with Gasteiger partial charge in [-0.2, -0.15) is 0 Å². The highest BCUT2D eigenvalue weighted by atomic mass is 35.5. The van der Waals surface area contributed by atoms with Crippen molar-refractivity contribution in [3.05, 3.63) is 24.0 Å². The van der Waals surface area contributed by atoms with Crippen molar-refractivity contribution in [3.63, 3.8) is 0 Å². The second-order valence-electron chi connectivity index (χ2n) is 2.56. The quantitative estimate of drug-likeness (QED) is 0.433. The minimum Gasteiger partial charge on any atom is -0.543 e. The molecule has 0 atom stereocenters. The zero-order chi connectivity index (χ0) is 10.4. The summed E-state index contributed by atoms with van der Waals surface area (Å²) in [6.45, 7) is 0. The second kappa shape index (κ2) is 5.88. The lowest BCUT2D eigenvalue weighted by Crippen LogP contribution is -2.23. The number of carboxylic acids is 1. The van der Waals surface area contributed by atoms with Gasteiger partial charge in [-0.25, -0.2) is 0 Å². The molecule has 0 N–H and O–H groups in total. The van der Waals surface area contributed by atoms with E-state index in [0.29, 0.717) is 5.88 Å². The molecule has 0 spiro atoms. The fraction of sp³-hybridized carbons (Fsp3) is 0.333. The van der Waals surface area contributed by atoms with Gasteiger partial charge >= 0.3 is 0 Å². The highest BCUT2D eigenvalue weighted by Gasteiger charge is 1.97. The molecule has 0 fully saturated rings. The number of carbonyl (C=O) groups excluding carboxylic acids is 1. The Morgan fingerprint density at radius 2 is 2.36 bits per heavy atom. The second-order valence-corrected chi connectivity index (χ2v) is 4.10. The van der Waals surface area contributed by atoms with Crippen LogP contribution >= 0.6 is 23.4 Å². The molecule has 1 aromatic rings. The van der Waals surface area contributed by atoms with Gasteiger partial charge in [-0.15, -0.1) is 23.4 Å². The summed E-state index contributed by atoms with van der Waals surface area (Å²) < 4.78 is 0. The number of aromatic carboxylic acids is 1. The van der Waals surface area contributed by atoms with Gasteiger partial charge in [0.05, 0.1) is 11.7 Å². The van der Waals surface area contributed by atoms with Crippen LogP contribution in [0.15, 0.2) is 23.2 Å². The smallest absolute Gasteiger partial charge is 0.0899 e. The molecule has 0 saturated carbocycles. The topological polar surface area (TPSA) is 53.0 Å². The van der Waals surface area contributed by atoms with Crippen LogP contribution in [-0.4, -0.2) is 22.6 Å². The Kier molecular flexibility index (Phi) is 4.76. The summed E-state index contributed by atoms with van der Waals surface area (Å²) >= 11 is 7.12. The molecule has 1 aromatic heterocycles. The van der Waals surface area contributed by atoms with Crippen LogP contribution in [0.25, 0.3) is 0 Å². The van der Waals surface area contributed by atoms with Crippen LogP contribution in [0, 0.1) is 0 Å². The Morgan fingerprint density at radius 1 is 1.57 bits per heavy atom. The Morgan fingerprint density at radius 3 is 2.86 bits per heavy atom. The van der Waals surface area contributed by atoms with E-state index in [2.05, 4.69) is 4.98 Å². The van der Waals surface area contributed by atoms with Crippen molar-refractivity contribution in [1.29, 1.82) is 0 Å². The van der Waals surface area contributed by atoms with Crippen molar-refractivity contribution in [1.82, 2.24) is 4.98 Å². The Labute approximate surface area is 91.5 Å². The van der Waals surface area contributed by atoms with Crippen molar-refractivity contribution in [3.8, 4) is 0 Å². The van der Waals surface area contributed by atoms with Crippen LogP contribution in [0.1, 0.15) is 16.9 Å². The summed E-state index contributed by atoms with van der Waals surface area (Å²) in [5, 5.41) is 10.4. The molecule has 3 nitrogen and oxygen atoms in total. The molecule has 0 amide bonds. The Bertz CT molecular complexity index is 302. The van der Waals surface area contributed by atoms with E-state index in [1.807, 2.05) is 0 Å². The lowest BCUT2D eigenvalue weighted by Gasteiger charge is -2.02. The van der Waals surface area contributed by atoms with Crippen LogP contribution in [-0.2, 0) is 0 Å². The van der Waals surface area contributed by atoms with E-state index in [4.69, 9.17) is 11.6 Å². The van der Waals surface area contributed by atoms with Crippen molar-refractivity contribution >= 4 is 29.3 Å². The molecule has 0 aliphatic carbocycles. The molecular formula is C9H9ClNO2S-. The molecule has 0 saturated heterocycles. The number of nitrogens with zero attached hydrogens (tertiary/aromatic N) is 1. The van der Waals surface area contributed by atoms with Gasteiger partial charge in [0, 0.05) is 17.0 Å². The minimum atomic E-state index is -1.25. The van der Waals surface area contributed by atoms with Crippen LogP contribution in [0.3, 0.4) is 0 Å². The van der Waals surface area contributed by atoms with Crippen molar-refractivity contribution in [2.75, 3.05) is 11.6 Å². The van der Waals surface area contributed by atoms with Gasteiger partial charge in [-0.3, -0.25) is 4.98 Å². The molecule has 1 rings (SSSR count). The lowest BCUT2D eigenvalue weighted by atomic mass is 10.4. The van der Waals surface area contributed by atoms with E-state index in [1.54, 1.807) is 17.8 Å². The number of pyridine rings is 1. The van der Waals surface area contributed by atoms with Gasteiger partial charge in [-0.1, -0.05) is 0 Å². The first-order valence-electron chi connectivity index (χ1n) is 4.10. The normalized spacial score (nSPS) is 10.1. The van der Waals surface area contributed by atoms with Gasteiger partial charge in [0.2, 0.25) is 0 Å². The van der Waals surface area contributed by atoms with E-state index in [9.17, 15) is 9.90 Å². The van der Waals surface area contributed by atoms with E-state index in [0.717, 1.165) is 17.1 Å². The third kappa shape index (κ3) is 3.55. The third-order valence-corrected chi connectivity index (χ3v) is 2.83. The summed E-state index contributed by atoms with van der Waals surface area (Å²) in [7, 11) is 0. The van der Waals surface area contributed by atoms with Crippen LogP contribution < -0.4 is 5.11 Å². The van der Waals surface area contributed by atoms with E-state index >= 15 is 0 Å². The summed E-state index contributed by atoms with van der Waals surface area (Å²) in [5.74, 6) is 0.301. The molecular weight excluding hydrogens is 222 g/mol. The molecule has 0 bridgehead atoms. The molecule has 0 aliphatic heterocycles. The number of thioether (sulfide) groups is 1. The number of hydrogen-bond acceptors (Lipinski definition) is 4. The van der Waals surface area contributed by atoms with Crippen molar-refractivity contribution < 1.29 is 9.90 Å². The number of hydrogen-bond donors (Lipinski definition) is 0. The van der Waals surface area contributed by atoms with Gasteiger partial charge in [-0.05, 0) is 24.3 Å². The fourth-order valence-corrected chi connectivity index (χ4v) is 1.94. The monoisotopic (exact) mass is 230 g/mol. The van der Waals surface area contributed by atoms with Crippen LogP contribution in [0.4, 0.5) is 0 Å². The van der Waals surface area contributed by atoms with Crippen molar-refractivity contribution in [2.45, 2.75) is 11.3 Å². The van der Waals surface area contributed by atoms with E-state index in [1.165, 1.54) is 12.3 Å². The maximum atomic E-state index is 10.4. The SMILES string of the molecule is O=C([O-])c1ccc(SCCCCl)cn1. The summed E-state index contributed by atoms with van der Waals surface area (Å²) in [6.07, 6.45) is 2.46. The van der Waals surface area contributed by atoms with Crippen LogP contribution in [0.5, 0.6) is 0 Å². The minimum absolute atomic E-state index is 0.0355. The fourth-order valence-electron chi connectivity index (χ4n) is 0.831. The molecule has 1 heterocycles. The average molecular weight is 231 g/mol. The highest BCUT2D eigenvalue weighted by Crippen LogP contribution is 2.17. The Balaban J connectivity index is 2.51. The maximum Gasteiger partial charge on any atom is 0.0899 e. The summed E-state index contributed by atoms with van der Waals surface area (Å²) in [4.78, 5) is 15.1. The highest BCUT2D eigenvalue weighted by molar-refractivity contribution is 7.99. The first-order chi connectivity index (χ1) is 6.74. The number of carbonyl (C=O) groups is 1. The van der Waals surface area contributed by atoms with Gasteiger partial charge in [0.25, 0.3) is 0 Å². The number of halogens is 1. The van der Waals surface area contributed by atoms with Gasteiger partial charge in [0.1, 0.15) is 0 Å². The summed E-state index contributed by atoms with van der Waals surface area (Å²) in [5.41, 5.74) is -0.0355. The zero-order valence-corrected chi connectivity index (χ0v) is 8.98. The van der Waals surface area contributed by atoms with E-state index < -0.39 is 5.97 Å². The number of rotatable bonds is 5. The largest absolute Gasteiger partial charge is 0.543 e. The predicted molar refractivity (Wildman–Crippen MR) is 54.6 cm³/mol. The van der Waals surface area contributed by atoms with Gasteiger partial charge in [0.15, 0.2) is 0 Å². The number of alkyl halides is 1. The molecule has 0 radical (unpaired) electrons. The zero-order valence-electron chi connectivity index (χ0n) is 7.40. The molecule has 5 heteroatoms. The molecule has 0 aromatic carbocycles. The standard InChI is InChI=1S/C9H10ClNO2S/c10-4-1-5-14-7-2-3-8(9(12)13)11-6-7/h2-3,6H,1,4-5H2,(H,12,13)/p-1. The number of carboxylic acid groups (broad SMARTS) is 1. The van der Waals surface area contributed by atoms with E-state index in [-0.39, 0.29) is 5.69 Å². The Hall–Kier alpha value is -0.740. The first kappa shape index (κ1) is 11.3. The summed E-state index contributed by atoms with van der Waals surface area (Å²) in [6, 6.07) is 3.16. The molecule has 0 unspecified atom stereocenters. The average Bonchev–Trinajstić information content (AvgIpc) is 2.19. The maximum absolute atomic E-state index is 10.4. The molecule has 0 aliphatic rings. The third-order valence-electron chi connectivity index (χ3n) is 1.49. The molecule has 76 valence electrons. The number of aromatic nitrogens is 1. The van der Waals surface area contributed by atoms with Crippen molar-refractivity contribution in [2.24, 2.45) is 0 Å². The van der Waals surface area contributed by atoms with Crippen LogP contribution in [0.2, 0.25) is 0 Å². The molecule has 14 heavy (non-hydrogen) atoms. The first-order valence-corrected chi connectivity index (χ1v) is 5.62. The lowest BCUT2D eigenvalue weighted by molar-refractivity contribution is -0.255. The predicted octanol–water partition coefficient (Wildman–Crippen LogP) is 1.17. The van der Waals surface area contributed by atoms with Gasteiger partial charge < -0.3 is 9.90 Å².